The van der Waals surface area contributed by atoms with E-state index in [1.165, 1.54) is 36.2 Å². The highest BCUT2D eigenvalue weighted by Gasteiger charge is 2.51. The second kappa shape index (κ2) is 4.97. The Bertz CT molecular complexity index is 704. The molecule has 0 amide bonds. The highest BCUT2D eigenvalue weighted by Crippen LogP contribution is 2.56. The number of rotatable bonds is 3. The number of nitrogens with zero attached hydrogens (tertiary/aromatic N) is 1. The van der Waals surface area contributed by atoms with Gasteiger partial charge in [0.15, 0.2) is 0 Å². The molecule has 116 valence electrons. The average Bonchev–Trinajstić information content (AvgIpc) is 3.21. The van der Waals surface area contributed by atoms with Crippen LogP contribution in [-0.2, 0) is 31.1 Å². The quantitative estimate of drug-likeness (QED) is 0.895. The van der Waals surface area contributed by atoms with Crippen molar-refractivity contribution in [1.82, 2.24) is 9.97 Å². The summed E-state index contributed by atoms with van der Waals surface area (Å²) in [5.41, 5.74) is 7.63. The Hall–Kier alpha value is -1.57. The molecule has 0 unspecified atom stereocenters. The molecule has 1 aromatic heterocycles. The second-order valence-electron chi connectivity index (χ2n) is 7.54. The number of aryl methyl sites for hydroxylation is 3. The molecule has 0 atom stereocenters. The van der Waals surface area contributed by atoms with E-state index < -0.39 is 0 Å². The lowest BCUT2D eigenvalue weighted by molar-refractivity contribution is 0.645. The standard InChI is InChI=1S/C20H26N2/c1-4-18-21-17-8-7-15-6-5-14(11-13(2)3)12-16(15)20(9-10-20)19(17)22-18/h5-6,12-13H,4,7-11H2,1-3H3,(H,21,22). The zero-order chi connectivity index (χ0) is 15.3. The van der Waals surface area contributed by atoms with Crippen molar-refractivity contribution in [1.29, 1.82) is 0 Å². The number of aromatic amines is 1. The maximum Gasteiger partial charge on any atom is 0.106 e. The van der Waals surface area contributed by atoms with Crippen LogP contribution in [0.15, 0.2) is 18.2 Å². The maximum absolute atomic E-state index is 4.98. The van der Waals surface area contributed by atoms with Crippen molar-refractivity contribution in [3.05, 3.63) is 52.1 Å². The van der Waals surface area contributed by atoms with Crippen molar-refractivity contribution in [2.24, 2.45) is 5.92 Å². The SMILES string of the molecule is CCc1nc2c([nH]1)CCc1ccc(CC(C)C)cc1C21CC1. The van der Waals surface area contributed by atoms with E-state index in [4.69, 9.17) is 4.98 Å². The first-order chi connectivity index (χ1) is 10.6. The highest BCUT2D eigenvalue weighted by atomic mass is 15.0. The minimum absolute atomic E-state index is 0.234. The molecule has 0 radical (unpaired) electrons. The number of imidazole rings is 1. The summed E-state index contributed by atoms with van der Waals surface area (Å²) in [5, 5.41) is 0. The van der Waals surface area contributed by atoms with Gasteiger partial charge in [0.25, 0.3) is 0 Å². The molecule has 1 saturated carbocycles. The third-order valence-electron chi connectivity index (χ3n) is 5.34. The van der Waals surface area contributed by atoms with E-state index in [0.717, 1.165) is 25.1 Å². The lowest BCUT2D eigenvalue weighted by Crippen LogP contribution is -2.12. The summed E-state index contributed by atoms with van der Waals surface area (Å²) in [4.78, 5) is 8.57. The first-order valence-electron chi connectivity index (χ1n) is 8.83. The molecule has 1 spiro atoms. The fourth-order valence-electron chi connectivity index (χ4n) is 4.11. The summed E-state index contributed by atoms with van der Waals surface area (Å²) in [6, 6.07) is 7.23. The second-order valence-corrected chi connectivity index (χ2v) is 7.54. The zero-order valence-electron chi connectivity index (χ0n) is 14.0. The molecular weight excluding hydrogens is 268 g/mol. The fourth-order valence-corrected chi connectivity index (χ4v) is 4.11. The van der Waals surface area contributed by atoms with Gasteiger partial charge in [-0.05, 0) is 54.7 Å². The Balaban J connectivity index is 1.82. The molecule has 0 bridgehead atoms. The van der Waals surface area contributed by atoms with E-state index in [-0.39, 0.29) is 5.41 Å². The van der Waals surface area contributed by atoms with Crippen LogP contribution in [0.5, 0.6) is 0 Å². The molecule has 2 heteroatoms. The lowest BCUT2D eigenvalue weighted by Gasteiger charge is -2.18. The van der Waals surface area contributed by atoms with Gasteiger partial charge >= 0.3 is 0 Å². The van der Waals surface area contributed by atoms with Gasteiger partial charge in [-0.25, -0.2) is 4.98 Å². The van der Waals surface area contributed by atoms with Crippen LogP contribution in [0, 0.1) is 5.92 Å². The number of hydrogen-bond donors (Lipinski definition) is 1. The molecule has 1 fully saturated rings. The summed E-state index contributed by atoms with van der Waals surface area (Å²) >= 11 is 0. The predicted octanol–water partition coefficient (Wildman–Crippen LogP) is 4.35. The molecule has 4 rings (SSSR count). The van der Waals surface area contributed by atoms with Crippen LogP contribution < -0.4 is 0 Å². The molecule has 2 aromatic rings. The largest absolute Gasteiger partial charge is 0.346 e. The van der Waals surface area contributed by atoms with Crippen molar-refractivity contribution in [2.75, 3.05) is 0 Å². The Morgan fingerprint density at radius 2 is 2.05 bits per heavy atom. The van der Waals surface area contributed by atoms with Crippen LogP contribution in [0.2, 0.25) is 0 Å². The number of H-pyrrole nitrogens is 1. The summed E-state index contributed by atoms with van der Waals surface area (Å²) < 4.78 is 0. The number of benzene rings is 1. The van der Waals surface area contributed by atoms with Gasteiger partial charge in [0.1, 0.15) is 5.82 Å². The van der Waals surface area contributed by atoms with Gasteiger partial charge in [0.2, 0.25) is 0 Å². The molecule has 0 aliphatic heterocycles. The van der Waals surface area contributed by atoms with E-state index >= 15 is 0 Å². The first kappa shape index (κ1) is 14.0. The molecule has 2 aliphatic carbocycles. The Kier molecular flexibility index (Phi) is 3.18. The number of nitrogens with one attached hydrogen (secondary N) is 1. The first-order valence-corrected chi connectivity index (χ1v) is 8.83. The summed E-state index contributed by atoms with van der Waals surface area (Å²) in [6.07, 6.45) is 6.98. The third kappa shape index (κ3) is 2.12. The molecular formula is C20H26N2. The van der Waals surface area contributed by atoms with Gasteiger partial charge in [0, 0.05) is 17.5 Å². The molecule has 2 aliphatic rings. The molecule has 1 heterocycles. The lowest BCUT2D eigenvalue weighted by atomic mass is 9.86. The number of fused-ring (bicyclic) bond motifs is 4. The molecule has 1 aromatic carbocycles. The number of aromatic nitrogens is 2. The van der Waals surface area contributed by atoms with Crippen molar-refractivity contribution in [3.63, 3.8) is 0 Å². The van der Waals surface area contributed by atoms with Crippen LogP contribution in [0.3, 0.4) is 0 Å². The third-order valence-corrected chi connectivity index (χ3v) is 5.34. The van der Waals surface area contributed by atoms with Crippen molar-refractivity contribution in [3.8, 4) is 0 Å². The predicted molar refractivity (Wildman–Crippen MR) is 90.4 cm³/mol. The molecule has 1 N–H and O–H groups in total. The van der Waals surface area contributed by atoms with Gasteiger partial charge in [-0.15, -0.1) is 0 Å². The van der Waals surface area contributed by atoms with Crippen molar-refractivity contribution in [2.45, 2.75) is 64.7 Å². The molecule has 2 nitrogen and oxygen atoms in total. The van der Waals surface area contributed by atoms with E-state index in [1.807, 2.05) is 0 Å². The van der Waals surface area contributed by atoms with E-state index in [2.05, 4.69) is 44.0 Å². The molecule has 0 saturated heterocycles. The van der Waals surface area contributed by atoms with Crippen LogP contribution in [-0.4, -0.2) is 9.97 Å². The van der Waals surface area contributed by atoms with E-state index in [0.29, 0.717) is 5.92 Å². The summed E-state index contributed by atoms with van der Waals surface area (Å²) in [7, 11) is 0. The van der Waals surface area contributed by atoms with Crippen LogP contribution >= 0.6 is 0 Å². The fraction of sp³-hybridized carbons (Fsp3) is 0.550. The van der Waals surface area contributed by atoms with E-state index in [9.17, 15) is 0 Å². The molecule has 22 heavy (non-hydrogen) atoms. The topological polar surface area (TPSA) is 28.7 Å². The Labute approximate surface area is 133 Å². The van der Waals surface area contributed by atoms with Crippen molar-refractivity contribution >= 4 is 0 Å². The van der Waals surface area contributed by atoms with Crippen LogP contribution in [0.4, 0.5) is 0 Å². The Morgan fingerprint density at radius 1 is 1.23 bits per heavy atom. The Morgan fingerprint density at radius 3 is 2.73 bits per heavy atom. The minimum Gasteiger partial charge on any atom is -0.346 e. The highest BCUT2D eigenvalue weighted by molar-refractivity contribution is 5.51. The smallest absolute Gasteiger partial charge is 0.106 e. The summed E-state index contributed by atoms with van der Waals surface area (Å²) in [5.74, 6) is 1.88. The van der Waals surface area contributed by atoms with Crippen molar-refractivity contribution < 1.29 is 0 Å². The number of hydrogen-bond acceptors (Lipinski definition) is 1. The normalized spacial score (nSPS) is 18.2. The van der Waals surface area contributed by atoms with Gasteiger partial charge in [0.05, 0.1) is 5.69 Å². The van der Waals surface area contributed by atoms with Crippen LogP contribution in [0.25, 0.3) is 0 Å². The van der Waals surface area contributed by atoms with Gasteiger partial charge in [-0.1, -0.05) is 39.0 Å². The van der Waals surface area contributed by atoms with Gasteiger partial charge in [-0.2, -0.15) is 0 Å². The average molecular weight is 294 g/mol. The van der Waals surface area contributed by atoms with Gasteiger partial charge < -0.3 is 4.98 Å². The monoisotopic (exact) mass is 294 g/mol. The zero-order valence-corrected chi connectivity index (χ0v) is 14.0. The van der Waals surface area contributed by atoms with Crippen LogP contribution in [0.1, 0.15) is 67.5 Å². The van der Waals surface area contributed by atoms with E-state index in [1.54, 1.807) is 11.1 Å². The summed E-state index contributed by atoms with van der Waals surface area (Å²) in [6.45, 7) is 6.79. The maximum atomic E-state index is 4.98. The van der Waals surface area contributed by atoms with Gasteiger partial charge in [-0.3, -0.25) is 0 Å². The minimum atomic E-state index is 0.234.